The molecule has 4 nitrogen and oxygen atoms in total. The van der Waals surface area contributed by atoms with Gasteiger partial charge < -0.3 is 9.67 Å². The maximum atomic E-state index is 8.79. The van der Waals surface area contributed by atoms with Crippen molar-refractivity contribution in [3.05, 3.63) is 59.7 Å². The summed E-state index contributed by atoms with van der Waals surface area (Å²) in [6.07, 6.45) is 8.92. The molecule has 0 saturated heterocycles. The highest BCUT2D eigenvalue weighted by atomic mass is 16.2. The number of aliphatic imine (C=N–C) groups is 1. The minimum atomic E-state index is -0.178. The Kier molecular flexibility index (Phi) is 5.07. The highest BCUT2D eigenvalue weighted by Gasteiger charge is 2.07. The van der Waals surface area contributed by atoms with Gasteiger partial charge in [0.2, 0.25) is 0 Å². The number of aliphatic hydroxyl groups is 1. The van der Waals surface area contributed by atoms with Crippen molar-refractivity contribution in [3.8, 4) is 17.7 Å². The highest BCUT2D eigenvalue weighted by molar-refractivity contribution is 5.60. The van der Waals surface area contributed by atoms with E-state index >= 15 is 0 Å². The van der Waals surface area contributed by atoms with Crippen molar-refractivity contribution in [2.75, 3.05) is 6.61 Å². The number of aliphatic hydroxyl groups excluding tert-OH is 1. The summed E-state index contributed by atoms with van der Waals surface area (Å²) in [6, 6.07) is 3.91. The summed E-state index contributed by atoms with van der Waals surface area (Å²) in [6.45, 7) is 9.07. The Morgan fingerprint density at radius 3 is 2.95 bits per heavy atom. The first-order valence-electron chi connectivity index (χ1n) is 6.74. The van der Waals surface area contributed by atoms with E-state index in [-0.39, 0.29) is 6.61 Å². The van der Waals surface area contributed by atoms with Gasteiger partial charge in [-0.1, -0.05) is 24.5 Å². The SMILES string of the molecule is C=Cc1cc(-n2ccc(/C=C\N=C)c2C)ncc1C#CCO. The Morgan fingerprint density at radius 1 is 1.45 bits per heavy atom. The van der Waals surface area contributed by atoms with E-state index in [1.807, 2.05) is 35.9 Å². The summed E-state index contributed by atoms with van der Waals surface area (Å²) in [5.74, 6) is 6.27. The molecule has 110 valence electrons. The zero-order valence-corrected chi connectivity index (χ0v) is 12.5. The van der Waals surface area contributed by atoms with Crippen LogP contribution in [0.15, 0.2) is 42.3 Å². The van der Waals surface area contributed by atoms with Crippen molar-refractivity contribution in [2.24, 2.45) is 4.99 Å². The van der Waals surface area contributed by atoms with Crippen molar-refractivity contribution in [1.29, 1.82) is 0 Å². The normalized spacial score (nSPS) is 10.3. The van der Waals surface area contributed by atoms with Gasteiger partial charge in [0, 0.05) is 24.3 Å². The van der Waals surface area contributed by atoms with E-state index in [4.69, 9.17) is 5.11 Å². The van der Waals surface area contributed by atoms with Crippen LogP contribution < -0.4 is 0 Å². The Morgan fingerprint density at radius 2 is 2.27 bits per heavy atom. The third-order valence-electron chi connectivity index (χ3n) is 3.23. The molecule has 22 heavy (non-hydrogen) atoms. The fourth-order valence-electron chi connectivity index (χ4n) is 2.08. The first-order chi connectivity index (χ1) is 10.7. The molecular weight excluding hydrogens is 274 g/mol. The smallest absolute Gasteiger partial charge is 0.137 e. The van der Waals surface area contributed by atoms with Crippen LogP contribution in [0.5, 0.6) is 0 Å². The lowest BCUT2D eigenvalue weighted by Crippen LogP contribution is -2.00. The van der Waals surface area contributed by atoms with Crippen molar-refractivity contribution < 1.29 is 5.11 Å². The Balaban J connectivity index is 2.46. The lowest BCUT2D eigenvalue weighted by atomic mass is 10.1. The molecule has 0 aliphatic rings. The predicted octanol–water partition coefficient (Wildman–Crippen LogP) is 2.84. The van der Waals surface area contributed by atoms with Gasteiger partial charge in [-0.2, -0.15) is 0 Å². The standard InChI is InChI=1S/C18H17N3O/c1-4-15-12-18(20-13-17(15)6-5-11-22)21-10-8-16(14(21)2)7-9-19-3/h4,7-10,12-13,22H,1,3,11H2,2H3/b9-7-. The average molecular weight is 291 g/mol. The second-order valence-corrected chi connectivity index (χ2v) is 4.52. The first-order valence-corrected chi connectivity index (χ1v) is 6.74. The van der Waals surface area contributed by atoms with Crippen LogP contribution in [-0.2, 0) is 0 Å². The molecule has 0 aliphatic carbocycles. The molecule has 2 aromatic heterocycles. The summed E-state index contributed by atoms with van der Waals surface area (Å²) < 4.78 is 1.99. The number of hydrogen-bond acceptors (Lipinski definition) is 3. The summed E-state index contributed by atoms with van der Waals surface area (Å²) in [5.41, 5.74) is 3.73. The van der Waals surface area contributed by atoms with Crippen LogP contribution in [0.4, 0.5) is 0 Å². The van der Waals surface area contributed by atoms with Crippen LogP contribution in [0, 0.1) is 18.8 Å². The van der Waals surface area contributed by atoms with Gasteiger partial charge in [0.25, 0.3) is 0 Å². The van der Waals surface area contributed by atoms with Gasteiger partial charge in [0.15, 0.2) is 0 Å². The van der Waals surface area contributed by atoms with E-state index in [2.05, 4.69) is 35.1 Å². The van der Waals surface area contributed by atoms with Gasteiger partial charge in [-0.15, -0.1) is 0 Å². The van der Waals surface area contributed by atoms with Crippen molar-refractivity contribution in [2.45, 2.75) is 6.92 Å². The fraction of sp³-hybridized carbons (Fsp3) is 0.111. The van der Waals surface area contributed by atoms with E-state index in [0.29, 0.717) is 0 Å². The van der Waals surface area contributed by atoms with E-state index in [9.17, 15) is 0 Å². The van der Waals surface area contributed by atoms with E-state index < -0.39 is 0 Å². The molecule has 0 saturated carbocycles. The number of aromatic nitrogens is 2. The van der Waals surface area contributed by atoms with Crippen molar-refractivity contribution in [1.82, 2.24) is 9.55 Å². The minimum absolute atomic E-state index is 0.178. The first kappa shape index (κ1) is 15.5. The van der Waals surface area contributed by atoms with E-state index in [1.165, 1.54) is 0 Å². The van der Waals surface area contributed by atoms with Crippen molar-refractivity contribution in [3.63, 3.8) is 0 Å². The van der Waals surface area contributed by atoms with Crippen molar-refractivity contribution >= 4 is 18.9 Å². The molecule has 2 heterocycles. The van der Waals surface area contributed by atoms with Crippen LogP contribution in [0.2, 0.25) is 0 Å². The number of nitrogens with zero attached hydrogens (tertiary/aromatic N) is 3. The zero-order valence-electron chi connectivity index (χ0n) is 12.5. The maximum Gasteiger partial charge on any atom is 0.137 e. The molecular formula is C18H17N3O. The second kappa shape index (κ2) is 7.21. The van der Waals surface area contributed by atoms with Gasteiger partial charge >= 0.3 is 0 Å². The molecule has 0 fully saturated rings. The maximum absolute atomic E-state index is 8.79. The number of hydrogen-bond donors (Lipinski definition) is 1. The molecule has 0 spiro atoms. The van der Waals surface area contributed by atoms with Crippen LogP contribution in [0.3, 0.4) is 0 Å². The third-order valence-corrected chi connectivity index (χ3v) is 3.23. The van der Waals surface area contributed by atoms with Gasteiger partial charge in [0.05, 0.1) is 5.56 Å². The lowest BCUT2D eigenvalue weighted by molar-refractivity contribution is 0.350. The molecule has 2 rings (SSSR count). The summed E-state index contributed by atoms with van der Waals surface area (Å²) in [7, 11) is 0. The number of rotatable bonds is 4. The average Bonchev–Trinajstić information content (AvgIpc) is 2.91. The Bertz CT molecular complexity index is 788. The molecule has 2 aromatic rings. The predicted molar refractivity (Wildman–Crippen MR) is 90.9 cm³/mol. The fourth-order valence-corrected chi connectivity index (χ4v) is 2.08. The third kappa shape index (κ3) is 3.22. The van der Waals surface area contributed by atoms with Crippen LogP contribution in [0.1, 0.15) is 22.4 Å². The largest absolute Gasteiger partial charge is 0.384 e. The van der Waals surface area contributed by atoms with Crippen LogP contribution in [-0.4, -0.2) is 28.0 Å². The van der Waals surface area contributed by atoms with Gasteiger partial charge in [0.1, 0.15) is 12.4 Å². The molecule has 0 unspecified atom stereocenters. The summed E-state index contributed by atoms with van der Waals surface area (Å²) >= 11 is 0. The molecule has 0 aromatic carbocycles. The quantitative estimate of drug-likeness (QED) is 0.695. The Hall–Kier alpha value is -2.90. The molecule has 0 bridgehead atoms. The topological polar surface area (TPSA) is 50.4 Å². The van der Waals surface area contributed by atoms with Gasteiger partial charge in [-0.05, 0) is 43.0 Å². The molecule has 0 radical (unpaired) electrons. The molecule has 1 N–H and O–H groups in total. The zero-order chi connectivity index (χ0) is 15.9. The van der Waals surface area contributed by atoms with E-state index in [0.717, 1.165) is 28.2 Å². The van der Waals surface area contributed by atoms with E-state index in [1.54, 1.807) is 18.5 Å². The molecule has 0 atom stereocenters. The van der Waals surface area contributed by atoms with Crippen LogP contribution >= 0.6 is 0 Å². The minimum Gasteiger partial charge on any atom is -0.384 e. The lowest BCUT2D eigenvalue weighted by Gasteiger charge is -2.08. The number of pyridine rings is 1. The molecule has 0 aliphatic heterocycles. The molecule has 4 heteroatoms. The van der Waals surface area contributed by atoms with Gasteiger partial charge in [-0.3, -0.25) is 4.99 Å². The Labute approximate surface area is 130 Å². The van der Waals surface area contributed by atoms with Gasteiger partial charge in [-0.25, -0.2) is 4.98 Å². The monoisotopic (exact) mass is 291 g/mol. The highest BCUT2D eigenvalue weighted by Crippen LogP contribution is 2.19. The molecule has 0 amide bonds. The summed E-state index contributed by atoms with van der Waals surface area (Å²) in [5, 5.41) is 8.79. The van der Waals surface area contributed by atoms with Crippen LogP contribution in [0.25, 0.3) is 18.0 Å². The second-order valence-electron chi connectivity index (χ2n) is 4.52. The summed E-state index contributed by atoms with van der Waals surface area (Å²) in [4.78, 5) is 8.15.